The number of hydrogen-bond acceptors (Lipinski definition) is 4. The SMILES string of the molecule is CC1CN(Cc2ccc(N3CCCC3)nc2)C(C)CN1.Cl. The van der Waals surface area contributed by atoms with Crippen molar-refractivity contribution in [3.8, 4) is 0 Å². The van der Waals surface area contributed by atoms with Gasteiger partial charge in [-0.25, -0.2) is 4.98 Å². The van der Waals surface area contributed by atoms with E-state index >= 15 is 0 Å². The fourth-order valence-electron chi connectivity index (χ4n) is 3.20. The number of nitrogens with zero attached hydrogens (tertiary/aromatic N) is 3. The molecule has 2 fully saturated rings. The van der Waals surface area contributed by atoms with Crippen molar-refractivity contribution in [2.75, 3.05) is 31.1 Å². The highest BCUT2D eigenvalue weighted by Crippen LogP contribution is 2.19. The Morgan fingerprint density at radius 2 is 2.00 bits per heavy atom. The second kappa shape index (κ2) is 7.43. The number of piperazine rings is 1. The van der Waals surface area contributed by atoms with Gasteiger partial charge in [0.2, 0.25) is 0 Å². The minimum atomic E-state index is 0. The van der Waals surface area contributed by atoms with Gasteiger partial charge >= 0.3 is 0 Å². The molecule has 2 atom stereocenters. The lowest BCUT2D eigenvalue weighted by Crippen LogP contribution is -2.53. The van der Waals surface area contributed by atoms with E-state index in [-0.39, 0.29) is 12.4 Å². The molecule has 1 N–H and O–H groups in total. The van der Waals surface area contributed by atoms with E-state index in [4.69, 9.17) is 0 Å². The van der Waals surface area contributed by atoms with Crippen LogP contribution in [0.4, 0.5) is 5.82 Å². The first-order valence-corrected chi connectivity index (χ1v) is 7.89. The molecular weight excluding hydrogens is 284 g/mol. The number of anilines is 1. The molecule has 5 heteroatoms. The quantitative estimate of drug-likeness (QED) is 0.928. The molecule has 2 aliphatic rings. The Balaban J connectivity index is 0.00000161. The predicted octanol–water partition coefficient (Wildman–Crippen LogP) is 2.29. The van der Waals surface area contributed by atoms with Gasteiger partial charge in [0.15, 0.2) is 0 Å². The first kappa shape index (κ1) is 16.5. The molecule has 2 unspecified atom stereocenters. The maximum atomic E-state index is 4.65. The zero-order valence-electron chi connectivity index (χ0n) is 13.1. The van der Waals surface area contributed by atoms with E-state index in [1.165, 1.54) is 31.5 Å². The molecule has 1 aromatic heterocycles. The fourth-order valence-corrected chi connectivity index (χ4v) is 3.20. The van der Waals surface area contributed by atoms with Crippen LogP contribution in [0.2, 0.25) is 0 Å². The molecule has 0 saturated carbocycles. The number of nitrogens with one attached hydrogen (secondary N) is 1. The second-order valence-corrected chi connectivity index (χ2v) is 6.31. The molecule has 0 aliphatic carbocycles. The topological polar surface area (TPSA) is 31.4 Å². The summed E-state index contributed by atoms with van der Waals surface area (Å²) in [5, 5.41) is 3.53. The zero-order chi connectivity index (χ0) is 13.9. The number of pyridine rings is 1. The Morgan fingerprint density at radius 3 is 2.67 bits per heavy atom. The summed E-state index contributed by atoms with van der Waals surface area (Å²) >= 11 is 0. The van der Waals surface area contributed by atoms with Crippen LogP contribution in [-0.4, -0.2) is 48.1 Å². The van der Waals surface area contributed by atoms with Gasteiger partial charge < -0.3 is 10.2 Å². The summed E-state index contributed by atoms with van der Waals surface area (Å²) in [4.78, 5) is 9.59. The third kappa shape index (κ3) is 4.09. The maximum absolute atomic E-state index is 4.65. The molecule has 0 spiro atoms. The Kier molecular flexibility index (Phi) is 5.85. The van der Waals surface area contributed by atoms with Gasteiger partial charge in [0.25, 0.3) is 0 Å². The Hall–Kier alpha value is -0.840. The predicted molar refractivity (Wildman–Crippen MR) is 90.3 cm³/mol. The van der Waals surface area contributed by atoms with Crippen molar-refractivity contribution in [2.24, 2.45) is 0 Å². The fraction of sp³-hybridized carbons (Fsp3) is 0.688. The van der Waals surface area contributed by atoms with E-state index in [2.05, 4.69) is 52.3 Å². The Labute approximate surface area is 134 Å². The van der Waals surface area contributed by atoms with Crippen LogP contribution in [-0.2, 0) is 6.54 Å². The third-order valence-electron chi connectivity index (χ3n) is 4.52. The van der Waals surface area contributed by atoms with Crippen LogP contribution < -0.4 is 10.2 Å². The van der Waals surface area contributed by atoms with Gasteiger partial charge in [0.1, 0.15) is 5.82 Å². The van der Waals surface area contributed by atoms with Gasteiger partial charge in [-0.3, -0.25) is 4.90 Å². The molecule has 0 bridgehead atoms. The van der Waals surface area contributed by atoms with Crippen LogP contribution in [0.15, 0.2) is 18.3 Å². The average Bonchev–Trinajstić information content (AvgIpc) is 2.98. The van der Waals surface area contributed by atoms with Gasteiger partial charge in [-0.2, -0.15) is 0 Å². The molecule has 21 heavy (non-hydrogen) atoms. The summed E-state index contributed by atoms with van der Waals surface area (Å²) < 4.78 is 0. The van der Waals surface area contributed by atoms with Crippen LogP contribution in [0.5, 0.6) is 0 Å². The number of rotatable bonds is 3. The zero-order valence-corrected chi connectivity index (χ0v) is 13.9. The lowest BCUT2D eigenvalue weighted by molar-refractivity contribution is 0.138. The summed E-state index contributed by atoms with van der Waals surface area (Å²) in [6.45, 7) is 10.1. The highest BCUT2D eigenvalue weighted by molar-refractivity contribution is 5.85. The highest BCUT2D eigenvalue weighted by atomic mass is 35.5. The molecule has 0 radical (unpaired) electrons. The number of hydrogen-bond donors (Lipinski definition) is 1. The largest absolute Gasteiger partial charge is 0.357 e. The van der Waals surface area contributed by atoms with E-state index < -0.39 is 0 Å². The molecule has 118 valence electrons. The second-order valence-electron chi connectivity index (χ2n) is 6.31. The molecule has 0 amide bonds. The molecule has 2 aliphatic heterocycles. The van der Waals surface area contributed by atoms with Crippen molar-refractivity contribution < 1.29 is 0 Å². The van der Waals surface area contributed by atoms with E-state index in [1.807, 2.05) is 0 Å². The molecule has 3 rings (SSSR count). The Morgan fingerprint density at radius 1 is 1.24 bits per heavy atom. The van der Waals surface area contributed by atoms with Gasteiger partial charge in [-0.05, 0) is 38.3 Å². The van der Waals surface area contributed by atoms with E-state index in [0.717, 1.165) is 25.5 Å². The van der Waals surface area contributed by atoms with Crippen molar-refractivity contribution in [3.63, 3.8) is 0 Å². The van der Waals surface area contributed by atoms with Crippen molar-refractivity contribution in [1.82, 2.24) is 15.2 Å². The molecule has 2 saturated heterocycles. The van der Waals surface area contributed by atoms with Crippen LogP contribution in [0, 0.1) is 0 Å². The lowest BCUT2D eigenvalue weighted by atomic mass is 10.1. The summed E-state index contributed by atoms with van der Waals surface area (Å²) in [5.41, 5.74) is 1.33. The van der Waals surface area contributed by atoms with Crippen molar-refractivity contribution in [3.05, 3.63) is 23.9 Å². The summed E-state index contributed by atoms with van der Waals surface area (Å²) in [6, 6.07) is 5.63. The molecule has 0 aromatic carbocycles. The molecule has 3 heterocycles. The summed E-state index contributed by atoms with van der Waals surface area (Å²) in [5.74, 6) is 1.15. The normalized spacial score (nSPS) is 26.7. The molecule has 1 aromatic rings. The van der Waals surface area contributed by atoms with E-state index in [1.54, 1.807) is 0 Å². The average molecular weight is 311 g/mol. The first-order valence-electron chi connectivity index (χ1n) is 7.89. The third-order valence-corrected chi connectivity index (χ3v) is 4.52. The minimum absolute atomic E-state index is 0. The van der Waals surface area contributed by atoms with Crippen LogP contribution in [0.3, 0.4) is 0 Å². The summed E-state index contributed by atoms with van der Waals surface area (Å²) in [6.07, 6.45) is 4.67. The lowest BCUT2D eigenvalue weighted by Gasteiger charge is -2.37. The smallest absolute Gasteiger partial charge is 0.128 e. The number of halogens is 1. The van der Waals surface area contributed by atoms with Crippen LogP contribution in [0.25, 0.3) is 0 Å². The highest BCUT2D eigenvalue weighted by Gasteiger charge is 2.22. The van der Waals surface area contributed by atoms with Gasteiger partial charge in [-0.1, -0.05) is 6.07 Å². The van der Waals surface area contributed by atoms with Gasteiger partial charge in [0.05, 0.1) is 0 Å². The van der Waals surface area contributed by atoms with Crippen molar-refractivity contribution in [1.29, 1.82) is 0 Å². The standard InChI is InChI=1S/C16H26N4.ClH/c1-13-11-20(14(2)9-17-13)12-15-5-6-16(18-10-15)19-7-3-4-8-19;/h5-6,10,13-14,17H,3-4,7-9,11-12H2,1-2H3;1H. The Bertz CT molecular complexity index is 430. The maximum Gasteiger partial charge on any atom is 0.128 e. The minimum Gasteiger partial charge on any atom is -0.357 e. The molecular formula is C16H27ClN4. The number of aromatic nitrogens is 1. The van der Waals surface area contributed by atoms with Gasteiger partial charge in [-0.15, -0.1) is 12.4 Å². The van der Waals surface area contributed by atoms with Gasteiger partial charge in [0, 0.05) is 51.0 Å². The van der Waals surface area contributed by atoms with Crippen LogP contribution >= 0.6 is 12.4 Å². The molecule has 4 nitrogen and oxygen atoms in total. The summed E-state index contributed by atoms with van der Waals surface area (Å²) in [7, 11) is 0. The van der Waals surface area contributed by atoms with E-state index in [9.17, 15) is 0 Å². The van der Waals surface area contributed by atoms with Crippen molar-refractivity contribution >= 4 is 18.2 Å². The van der Waals surface area contributed by atoms with Crippen molar-refractivity contribution in [2.45, 2.75) is 45.3 Å². The van der Waals surface area contributed by atoms with E-state index in [0.29, 0.717) is 12.1 Å². The monoisotopic (exact) mass is 310 g/mol. The first-order chi connectivity index (χ1) is 9.72. The van der Waals surface area contributed by atoms with Crippen LogP contribution in [0.1, 0.15) is 32.3 Å².